The number of hydrogen-bond acceptors (Lipinski definition) is 2. The summed E-state index contributed by atoms with van der Waals surface area (Å²) in [6, 6.07) is 17.1. The van der Waals surface area contributed by atoms with Crippen LogP contribution in [0, 0.1) is 0 Å². The van der Waals surface area contributed by atoms with E-state index in [1.165, 1.54) is 0 Å². The maximum Gasteiger partial charge on any atom is 0.253 e. The molecule has 0 saturated carbocycles. The van der Waals surface area contributed by atoms with Crippen LogP contribution in [0.4, 0.5) is 0 Å². The Morgan fingerprint density at radius 2 is 1.77 bits per heavy atom. The molecule has 0 aromatic heterocycles. The Morgan fingerprint density at radius 3 is 2.36 bits per heavy atom. The van der Waals surface area contributed by atoms with Crippen LogP contribution >= 0.6 is 11.6 Å². The van der Waals surface area contributed by atoms with E-state index in [1.807, 2.05) is 61.6 Å². The number of halogens is 1. The smallest absolute Gasteiger partial charge is 0.253 e. The van der Waals surface area contributed by atoms with Gasteiger partial charge >= 0.3 is 0 Å². The summed E-state index contributed by atoms with van der Waals surface area (Å²) in [6.07, 6.45) is 1.53. The molecule has 4 heteroatoms. The molecular formula is C18H21ClN2O. The standard InChI is InChI=1S/C18H21ClN2O/c1-21(18(22)15-5-3-2-4-6-15)17(11-12-20)13-14-7-9-16(19)10-8-14/h2-10,17H,11-13,20H2,1H3. The van der Waals surface area contributed by atoms with Gasteiger partial charge in [0.05, 0.1) is 0 Å². The molecule has 0 fully saturated rings. The fourth-order valence-corrected chi connectivity index (χ4v) is 2.59. The van der Waals surface area contributed by atoms with Crippen molar-refractivity contribution in [2.24, 2.45) is 5.73 Å². The highest BCUT2D eigenvalue weighted by atomic mass is 35.5. The molecule has 2 aromatic carbocycles. The monoisotopic (exact) mass is 316 g/mol. The third kappa shape index (κ3) is 4.33. The molecule has 2 aromatic rings. The second kappa shape index (κ2) is 7.97. The predicted octanol–water partition coefficient (Wildman–Crippen LogP) is 3.37. The van der Waals surface area contributed by atoms with Crippen molar-refractivity contribution < 1.29 is 4.79 Å². The van der Waals surface area contributed by atoms with Crippen molar-refractivity contribution >= 4 is 17.5 Å². The van der Waals surface area contributed by atoms with Gasteiger partial charge in [0.2, 0.25) is 0 Å². The third-order valence-corrected chi connectivity index (χ3v) is 4.03. The Morgan fingerprint density at radius 1 is 1.14 bits per heavy atom. The van der Waals surface area contributed by atoms with Crippen LogP contribution < -0.4 is 5.73 Å². The number of carbonyl (C=O) groups is 1. The summed E-state index contributed by atoms with van der Waals surface area (Å²) in [5.74, 6) is 0.0213. The number of carbonyl (C=O) groups excluding carboxylic acids is 1. The maximum atomic E-state index is 12.6. The zero-order chi connectivity index (χ0) is 15.9. The van der Waals surface area contributed by atoms with Gasteiger partial charge in [-0.3, -0.25) is 4.79 Å². The fourth-order valence-electron chi connectivity index (χ4n) is 2.47. The summed E-state index contributed by atoms with van der Waals surface area (Å²) in [5.41, 5.74) is 7.57. The molecule has 1 amide bonds. The van der Waals surface area contributed by atoms with Crippen molar-refractivity contribution in [3.05, 3.63) is 70.7 Å². The average Bonchev–Trinajstić information content (AvgIpc) is 2.56. The van der Waals surface area contributed by atoms with Gasteiger partial charge in [0.25, 0.3) is 5.91 Å². The van der Waals surface area contributed by atoms with Gasteiger partial charge in [0.1, 0.15) is 0 Å². The second-order valence-corrected chi connectivity index (χ2v) is 5.78. The molecule has 0 radical (unpaired) electrons. The van der Waals surface area contributed by atoms with E-state index in [1.54, 1.807) is 4.90 Å². The minimum Gasteiger partial charge on any atom is -0.338 e. The lowest BCUT2D eigenvalue weighted by Gasteiger charge is -2.28. The van der Waals surface area contributed by atoms with Gasteiger partial charge in [-0.1, -0.05) is 41.9 Å². The van der Waals surface area contributed by atoms with Crippen molar-refractivity contribution in [1.82, 2.24) is 4.90 Å². The van der Waals surface area contributed by atoms with E-state index in [-0.39, 0.29) is 11.9 Å². The first-order valence-electron chi connectivity index (χ1n) is 7.38. The number of benzene rings is 2. The van der Waals surface area contributed by atoms with Gasteiger partial charge in [-0.2, -0.15) is 0 Å². The summed E-state index contributed by atoms with van der Waals surface area (Å²) in [7, 11) is 1.84. The normalized spacial score (nSPS) is 12.0. The molecule has 0 saturated heterocycles. The summed E-state index contributed by atoms with van der Waals surface area (Å²) in [5, 5.41) is 0.716. The SMILES string of the molecule is CN(C(=O)c1ccccc1)C(CCN)Cc1ccc(Cl)cc1. The van der Waals surface area contributed by atoms with Gasteiger partial charge in [-0.25, -0.2) is 0 Å². The number of amides is 1. The lowest BCUT2D eigenvalue weighted by molar-refractivity contribution is 0.0725. The topological polar surface area (TPSA) is 46.3 Å². The number of nitrogens with two attached hydrogens (primary N) is 1. The Balaban J connectivity index is 2.12. The summed E-state index contributed by atoms with van der Waals surface area (Å²) in [6.45, 7) is 0.546. The summed E-state index contributed by atoms with van der Waals surface area (Å²) < 4.78 is 0. The maximum absolute atomic E-state index is 12.6. The van der Waals surface area contributed by atoms with Crippen molar-refractivity contribution in [1.29, 1.82) is 0 Å². The molecule has 0 aliphatic rings. The first-order valence-corrected chi connectivity index (χ1v) is 7.76. The molecule has 0 spiro atoms. The molecule has 0 heterocycles. The highest BCUT2D eigenvalue weighted by Gasteiger charge is 2.20. The third-order valence-electron chi connectivity index (χ3n) is 3.77. The lowest BCUT2D eigenvalue weighted by Crippen LogP contribution is -2.39. The van der Waals surface area contributed by atoms with Crippen LogP contribution in [0.5, 0.6) is 0 Å². The Hall–Kier alpha value is -1.84. The van der Waals surface area contributed by atoms with Gasteiger partial charge in [0.15, 0.2) is 0 Å². The Kier molecular flexibility index (Phi) is 5.99. The van der Waals surface area contributed by atoms with E-state index in [2.05, 4.69) is 0 Å². The molecule has 0 aliphatic heterocycles. The van der Waals surface area contributed by atoms with Crippen molar-refractivity contribution in [3.8, 4) is 0 Å². The van der Waals surface area contributed by atoms with Crippen LogP contribution in [-0.4, -0.2) is 30.4 Å². The average molecular weight is 317 g/mol. The van der Waals surface area contributed by atoms with Crippen LogP contribution in [0.2, 0.25) is 5.02 Å². The van der Waals surface area contributed by atoms with E-state index in [9.17, 15) is 4.79 Å². The molecule has 1 atom stereocenters. The zero-order valence-corrected chi connectivity index (χ0v) is 13.5. The molecule has 2 rings (SSSR count). The van der Waals surface area contributed by atoms with Crippen molar-refractivity contribution in [2.45, 2.75) is 18.9 Å². The van der Waals surface area contributed by atoms with Gasteiger partial charge < -0.3 is 10.6 Å². The highest BCUT2D eigenvalue weighted by Crippen LogP contribution is 2.16. The van der Waals surface area contributed by atoms with Gasteiger partial charge in [-0.15, -0.1) is 0 Å². The van der Waals surface area contributed by atoms with Gasteiger partial charge in [0, 0.05) is 23.7 Å². The van der Waals surface area contributed by atoms with Crippen LogP contribution in [0.1, 0.15) is 22.3 Å². The first kappa shape index (κ1) is 16.5. The molecular weight excluding hydrogens is 296 g/mol. The van der Waals surface area contributed by atoms with Crippen LogP contribution in [0.3, 0.4) is 0 Å². The minimum absolute atomic E-state index is 0.0213. The summed E-state index contributed by atoms with van der Waals surface area (Å²) in [4.78, 5) is 14.4. The lowest BCUT2D eigenvalue weighted by atomic mass is 10.0. The van der Waals surface area contributed by atoms with Crippen molar-refractivity contribution in [2.75, 3.05) is 13.6 Å². The molecule has 0 bridgehead atoms. The molecule has 116 valence electrons. The Labute approximate surface area is 136 Å². The molecule has 3 nitrogen and oxygen atoms in total. The number of hydrogen-bond donors (Lipinski definition) is 1. The molecule has 1 unspecified atom stereocenters. The fraction of sp³-hybridized carbons (Fsp3) is 0.278. The van der Waals surface area contributed by atoms with E-state index in [4.69, 9.17) is 17.3 Å². The number of nitrogens with zero attached hydrogens (tertiary/aromatic N) is 1. The Bertz CT molecular complexity index is 598. The van der Waals surface area contributed by atoms with Crippen LogP contribution in [-0.2, 0) is 6.42 Å². The molecule has 22 heavy (non-hydrogen) atoms. The molecule has 2 N–H and O–H groups in total. The van der Waals surface area contributed by atoms with Gasteiger partial charge in [-0.05, 0) is 49.2 Å². The largest absolute Gasteiger partial charge is 0.338 e. The number of rotatable bonds is 6. The van der Waals surface area contributed by atoms with Crippen LogP contribution in [0.15, 0.2) is 54.6 Å². The minimum atomic E-state index is 0.0213. The van der Waals surface area contributed by atoms with E-state index < -0.39 is 0 Å². The second-order valence-electron chi connectivity index (χ2n) is 5.34. The highest BCUT2D eigenvalue weighted by molar-refractivity contribution is 6.30. The van der Waals surface area contributed by atoms with Crippen molar-refractivity contribution in [3.63, 3.8) is 0 Å². The predicted molar refractivity (Wildman–Crippen MR) is 91.2 cm³/mol. The van der Waals surface area contributed by atoms with E-state index in [0.717, 1.165) is 18.4 Å². The number of likely N-dealkylation sites (N-methyl/N-ethyl adjacent to an activating group) is 1. The summed E-state index contributed by atoms with van der Waals surface area (Å²) >= 11 is 5.92. The quantitative estimate of drug-likeness (QED) is 0.888. The first-order chi connectivity index (χ1) is 10.6. The zero-order valence-electron chi connectivity index (χ0n) is 12.7. The van der Waals surface area contributed by atoms with Crippen LogP contribution in [0.25, 0.3) is 0 Å². The van der Waals surface area contributed by atoms with E-state index >= 15 is 0 Å². The van der Waals surface area contributed by atoms with E-state index in [0.29, 0.717) is 17.1 Å². The molecule has 0 aliphatic carbocycles.